The highest BCUT2D eigenvalue weighted by Gasteiger charge is 2.52. The molecule has 0 heterocycles. The number of carbonyl (C=O) groups is 1. The summed E-state index contributed by atoms with van der Waals surface area (Å²) in [4.78, 5) is 12.5. The Morgan fingerprint density at radius 2 is 1.96 bits per heavy atom. The maximum absolute atomic E-state index is 13.4. The summed E-state index contributed by atoms with van der Waals surface area (Å²) < 4.78 is 74.1. The van der Waals surface area contributed by atoms with Crippen LogP contribution in [0.3, 0.4) is 0 Å². The third kappa shape index (κ3) is 5.09. The van der Waals surface area contributed by atoms with Crippen LogP contribution in [0.5, 0.6) is 0 Å². The molecule has 1 rings (SSSR count). The lowest BCUT2D eigenvalue weighted by molar-refractivity contribution is -0.162. The van der Waals surface area contributed by atoms with E-state index in [1.165, 1.54) is 0 Å². The molecule has 4 unspecified atom stereocenters. The van der Waals surface area contributed by atoms with Gasteiger partial charge in [0.25, 0.3) is 0 Å². The summed E-state index contributed by atoms with van der Waals surface area (Å²) in [5, 5.41) is -4.92. The maximum Gasteiger partial charge on any atom is 0.400 e. The summed E-state index contributed by atoms with van der Waals surface area (Å²) >= 11 is 0. The lowest BCUT2D eigenvalue weighted by Crippen LogP contribution is -2.41. The zero-order valence-corrected chi connectivity index (χ0v) is 15.6. The first-order valence-electron chi connectivity index (χ1n) is 8.55. The molecule has 1 saturated carbocycles. The molecule has 25 heavy (non-hydrogen) atoms. The van der Waals surface area contributed by atoms with Crippen LogP contribution in [0, 0.1) is 17.3 Å². The molecule has 0 spiro atoms. The van der Waals surface area contributed by atoms with Crippen molar-refractivity contribution >= 4 is 16.1 Å². The lowest BCUT2D eigenvalue weighted by Gasteiger charge is -2.41. The van der Waals surface area contributed by atoms with E-state index in [1.54, 1.807) is 0 Å². The van der Waals surface area contributed by atoms with Crippen molar-refractivity contribution in [2.75, 3.05) is 6.61 Å². The zero-order valence-electron chi connectivity index (χ0n) is 14.8. The van der Waals surface area contributed by atoms with Gasteiger partial charge in [-0.1, -0.05) is 27.2 Å². The average Bonchev–Trinajstić information content (AvgIpc) is 2.52. The van der Waals surface area contributed by atoms with Gasteiger partial charge >= 0.3 is 21.3 Å². The normalized spacial score (nSPS) is 29.2. The Kier molecular flexibility index (Phi) is 7.32. The van der Waals surface area contributed by atoms with Gasteiger partial charge in [-0.3, -0.25) is 9.35 Å². The third-order valence-electron chi connectivity index (χ3n) is 5.15. The van der Waals surface area contributed by atoms with E-state index in [2.05, 4.69) is 0 Å². The number of hydrogen-bond donors (Lipinski definition) is 1. The summed E-state index contributed by atoms with van der Waals surface area (Å²) in [5.41, 5.74) is -0.713. The number of ether oxygens (including phenoxy) is 1. The van der Waals surface area contributed by atoms with Crippen molar-refractivity contribution in [1.29, 1.82) is 0 Å². The first-order valence-corrected chi connectivity index (χ1v) is 9.99. The lowest BCUT2D eigenvalue weighted by atomic mass is 9.64. The first kappa shape index (κ1) is 22.2. The summed E-state index contributed by atoms with van der Waals surface area (Å²) in [7, 11) is -5.86. The average molecular weight is 388 g/mol. The second-order valence-electron chi connectivity index (χ2n) is 7.09. The van der Waals surface area contributed by atoms with Gasteiger partial charge in [-0.2, -0.15) is 17.2 Å². The van der Waals surface area contributed by atoms with E-state index >= 15 is 0 Å². The van der Waals surface area contributed by atoms with Gasteiger partial charge in [0, 0.05) is 6.42 Å². The highest BCUT2D eigenvalue weighted by atomic mass is 32.2. The van der Waals surface area contributed by atoms with Crippen LogP contribution < -0.4 is 0 Å². The smallest absolute Gasteiger partial charge is 0.400 e. The van der Waals surface area contributed by atoms with E-state index in [0.29, 0.717) is 31.1 Å². The van der Waals surface area contributed by atoms with Gasteiger partial charge in [-0.05, 0) is 37.5 Å². The van der Waals surface area contributed by atoms with E-state index in [1.807, 2.05) is 20.8 Å². The van der Waals surface area contributed by atoms with Crippen molar-refractivity contribution in [3.05, 3.63) is 0 Å². The maximum atomic E-state index is 13.4. The molecule has 0 amide bonds. The molecule has 4 atom stereocenters. The molecule has 1 aliphatic carbocycles. The number of halogens is 3. The summed E-state index contributed by atoms with van der Waals surface area (Å²) in [6, 6.07) is 0. The van der Waals surface area contributed by atoms with Crippen molar-refractivity contribution < 1.29 is 35.7 Å². The fourth-order valence-electron chi connectivity index (χ4n) is 3.69. The number of esters is 1. The molecule has 0 aromatic heterocycles. The quantitative estimate of drug-likeness (QED) is 0.502. The largest absolute Gasteiger partial charge is 0.465 e. The zero-order chi connectivity index (χ0) is 19.5. The molecule has 0 aromatic rings. The van der Waals surface area contributed by atoms with Crippen molar-refractivity contribution in [3.8, 4) is 0 Å². The minimum atomic E-state index is -5.86. The monoisotopic (exact) mass is 388 g/mol. The van der Waals surface area contributed by atoms with Crippen LogP contribution in [0.4, 0.5) is 13.2 Å². The van der Waals surface area contributed by atoms with Crippen LogP contribution in [-0.2, 0) is 19.6 Å². The van der Waals surface area contributed by atoms with E-state index in [0.717, 1.165) is 12.8 Å². The summed E-state index contributed by atoms with van der Waals surface area (Å²) in [5.74, 6) is 0.139. The van der Waals surface area contributed by atoms with Gasteiger partial charge in [-0.15, -0.1) is 0 Å². The van der Waals surface area contributed by atoms with E-state index < -0.39 is 46.0 Å². The Morgan fingerprint density at radius 3 is 2.44 bits per heavy atom. The topological polar surface area (TPSA) is 80.7 Å². The molecular formula is C16H27F3O5S. The van der Waals surface area contributed by atoms with E-state index in [9.17, 15) is 26.4 Å². The van der Waals surface area contributed by atoms with Crippen LogP contribution >= 0.6 is 0 Å². The molecule has 1 N–H and O–H groups in total. The van der Waals surface area contributed by atoms with Crippen molar-refractivity contribution in [3.63, 3.8) is 0 Å². The van der Waals surface area contributed by atoms with Crippen LogP contribution in [0.15, 0.2) is 0 Å². The molecule has 0 aromatic carbocycles. The minimum absolute atomic E-state index is 0.323. The Hall–Kier alpha value is -0.830. The Bertz CT molecular complexity index is 566. The molecular weight excluding hydrogens is 361 g/mol. The molecule has 9 heteroatoms. The highest BCUT2D eigenvalue weighted by molar-refractivity contribution is 7.86. The van der Waals surface area contributed by atoms with Crippen LogP contribution in [0.25, 0.3) is 0 Å². The van der Waals surface area contributed by atoms with Crippen molar-refractivity contribution in [1.82, 2.24) is 0 Å². The predicted octanol–water partition coefficient (Wildman–Crippen LogP) is 3.98. The fourth-order valence-corrected chi connectivity index (χ4v) is 4.13. The minimum Gasteiger partial charge on any atom is -0.465 e. The van der Waals surface area contributed by atoms with Gasteiger partial charge in [0.15, 0.2) is 6.17 Å². The molecule has 148 valence electrons. The van der Waals surface area contributed by atoms with Gasteiger partial charge in [0.05, 0.1) is 12.0 Å². The SMILES string of the molecule is CCC1CC(C)CC(CC)(C(=O)OCCC(F)C(F)(F)S(=O)(=O)O)C1. The molecule has 1 aliphatic rings. The molecule has 1 fully saturated rings. The highest BCUT2D eigenvalue weighted by Crippen LogP contribution is 2.46. The van der Waals surface area contributed by atoms with Gasteiger partial charge in [-0.25, -0.2) is 4.39 Å². The number of carbonyl (C=O) groups excluding carboxylic acids is 1. The molecule has 0 aliphatic heterocycles. The van der Waals surface area contributed by atoms with Crippen molar-refractivity contribution in [2.24, 2.45) is 17.3 Å². The number of hydrogen-bond acceptors (Lipinski definition) is 4. The number of rotatable bonds is 8. The fraction of sp³-hybridized carbons (Fsp3) is 0.938. The van der Waals surface area contributed by atoms with Crippen LogP contribution in [0.1, 0.15) is 59.3 Å². The standard InChI is InChI=1S/C16H27F3O5S/c1-4-12-8-11(3)9-15(5-2,10-12)14(20)24-7-6-13(17)16(18,19)25(21,22)23/h11-13H,4-10H2,1-3H3,(H,21,22,23). The van der Waals surface area contributed by atoms with E-state index in [4.69, 9.17) is 9.29 Å². The van der Waals surface area contributed by atoms with Gasteiger partial charge < -0.3 is 4.74 Å². The third-order valence-corrected chi connectivity index (χ3v) is 6.10. The Labute approximate surface area is 147 Å². The Morgan fingerprint density at radius 1 is 1.36 bits per heavy atom. The summed E-state index contributed by atoms with van der Waals surface area (Å²) in [6.45, 7) is 5.28. The molecule has 0 radical (unpaired) electrons. The van der Waals surface area contributed by atoms with Gasteiger partial charge in [0.1, 0.15) is 0 Å². The van der Waals surface area contributed by atoms with Gasteiger partial charge in [0.2, 0.25) is 0 Å². The first-order chi connectivity index (χ1) is 11.4. The molecule has 0 bridgehead atoms. The molecule has 5 nitrogen and oxygen atoms in total. The summed E-state index contributed by atoms with van der Waals surface area (Å²) in [6.07, 6.45) is -0.424. The number of alkyl halides is 3. The van der Waals surface area contributed by atoms with Crippen LogP contribution in [0.2, 0.25) is 0 Å². The molecule has 0 saturated heterocycles. The Balaban J connectivity index is 2.69. The predicted molar refractivity (Wildman–Crippen MR) is 86.5 cm³/mol. The second kappa shape index (κ2) is 8.24. The van der Waals surface area contributed by atoms with Crippen molar-refractivity contribution in [2.45, 2.75) is 70.7 Å². The van der Waals surface area contributed by atoms with E-state index in [-0.39, 0.29) is 0 Å². The second-order valence-corrected chi connectivity index (χ2v) is 8.58. The van der Waals surface area contributed by atoms with Crippen LogP contribution in [-0.4, -0.2) is 37.0 Å².